The van der Waals surface area contributed by atoms with Crippen molar-refractivity contribution in [1.82, 2.24) is 5.32 Å². The maximum Gasteiger partial charge on any atom is 0.0316 e. The van der Waals surface area contributed by atoms with Gasteiger partial charge >= 0.3 is 0 Å². The average Bonchev–Trinajstić information content (AvgIpc) is 2.56. The van der Waals surface area contributed by atoms with Crippen LogP contribution in [0.3, 0.4) is 0 Å². The zero-order valence-corrected chi connectivity index (χ0v) is 9.59. The molecule has 2 heteroatoms. The molecule has 82 valence electrons. The number of nitrogens with one attached hydrogen (secondary N) is 1. The standard InChI is InChI=1S/C13H20N2/c1-9(2)15-8-10-5-11-3-4-13(14)7-12(11)6-10/h3-4,7,9-10,15H,5-6,8,14H2,1-2H3. The number of rotatable bonds is 3. The largest absolute Gasteiger partial charge is 0.399 e. The molecule has 1 atom stereocenters. The highest BCUT2D eigenvalue weighted by Crippen LogP contribution is 2.27. The number of benzene rings is 1. The first kappa shape index (κ1) is 10.5. The molecule has 0 saturated carbocycles. The molecule has 1 aliphatic carbocycles. The van der Waals surface area contributed by atoms with Gasteiger partial charge in [0.2, 0.25) is 0 Å². The second kappa shape index (κ2) is 4.23. The van der Waals surface area contributed by atoms with Crippen molar-refractivity contribution in [1.29, 1.82) is 0 Å². The van der Waals surface area contributed by atoms with Crippen LogP contribution in [0.5, 0.6) is 0 Å². The van der Waals surface area contributed by atoms with Crippen molar-refractivity contribution >= 4 is 5.69 Å². The summed E-state index contributed by atoms with van der Waals surface area (Å²) in [5.41, 5.74) is 9.61. The van der Waals surface area contributed by atoms with Crippen molar-refractivity contribution in [3.05, 3.63) is 29.3 Å². The van der Waals surface area contributed by atoms with Gasteiger partial charge < -0.3 is 11.1 Å². The van der Waals surface area contributed by atoms with Crippen LogP contribution in [0.4, 0.5) is 5.69 Å². The molecular weight excluding hydrogens is 184 g/mol. The van der Waals surface area contributed by atoms with Crippen LogP contribution < -0.4 is 11.1 Å². The second-order valence-corrected chi connectivity index (χ2v) is 4.87. The molecule has 2 nitrogen and oxygen atoms in total. The molecule has 0 spiro atoms. The van der Waals surface area contributed by atoms with Crippen LogP contribution in [0.15, 0.2) is 18.2 Å². The van der Waals surface area contributed by atoms with E-state index in [1.54, 1.807) is 0 Å². The van der Waals surface area contributed by atoms with Gasteiger partial charge in [0.05, 0.1) is 0 Å². The van der Waals surface area contributed by atoms with Crippen LogP contribution in [-0.2, 0) is 12.8 Å². The molecule has 0 bridgehead atoms. The fourth-order valence-corrected chi connectivity index (χ4v) is 2.28. The highest BCUT2D eigenvalue weighted by Gasteiger charge is 2.21. The Morgan fingerprint density at radius 3 is 2.80 bits per heavy atom. The zero-order valence-electron chi connectivity index (χ0n) is 9.59. The molecule has 0 amide bonds. The maximum atomic E-state index is 5.78. The summed E-state index contributed by atoms with van der Waals surface area (Å²) in [5, 5.41) is 3.51. The lowest BCUT2D eigenvalue weighted by Gasteiger charge is -2.12. The Balaban J connectivity index is 1.97. The first-order chi connectivity index (χ1) is 7.15. The van der Waals surface area contributed by atoms with E-state index in [9.17, 15) is 0 Å². The van der Waals surface area contributed by atoms with Gasteiger partial charge in [-0.3, -0.25) is 0 Å². The summed E-state index contributed by atoms with van der Waals surface area (Å²) >= 11 is 0. The summed E-state index contributed by atoms with van der Waals surface area (Å²) < 4.78 is 0. The minimum Gasteiger partial charge on any atom is -0.399 e. The monoisotopic (exact) mass is 204 g/mol. The predicted octanol–water partition coefficient (Wildman–Crippen LogP) is 1.98. The van der Waals surface area contributed by atoms with Gasteiger partial charge in [-0.15, -0.1) is 0 Å². The molecule has 1 unspecified atom stereocenters. The van der Waals surface area contributed by atoms with Crippen molar-refractivity contribution in [2.45, 2.75) is 32.7 Å². The Kier molecular flexibility index (Phi) is 2.96. The Morgan fingerprint density at radius 2 is 2.07 bits per heavy atom. The topological polar surface area (TPSA) is 38.0 Å². The molecule has 1 aromatic rings. The molecule has 0 saturated heterocycles. The summed E-state index contributed by atoms with van der Waals surface area (Å²) in [6.45, 7) is 5.51. The average molecular weight is 204 g/mol. The molecule has 1 aliphatic rings. The van der Waals surface area contributed by atoms with Crippen molar-refractivity contribution in [2.24, 2.45) is 5.92 Å². The smallest absolute Gasteiger partial charge is 0.0316 e. The van der Waals surface area contributed by atoms with E-state index in [2.05, 4.69) is 31.3 Å². The van der Waals surface area contributed by atoms with Gasteiger partial charge in [-0.05, 0) is 48.6 Å². The van der Waals surface area contributed by atoms with Crippen LogP contribution in [0.2, 0.25) is 0 Å². The quantitative estimate of drug-likeness (QED) is 0.739. The van der Waals surface area contributed by atoms with E-state index in [1.165, 1.54) is 24.0 Å². The van der Waals surface area contributed by atoms with E-state index >= 15 is 0 Å². The fourth-order valence-electron chi connectivity index (χ4n) is 2.28. The highest BCUT2D eigenvalue weighted by molar-refractivity contribution is 5.46. The highest BCUT2D eigenvalue weighted by atomic mass is 14.9. The van der Waals surface area contributed by atoms with Gasteiger partial charge in [0.1, 0.15) is 0 Å². The van der Waals surface area contributed by atoms with E-state index < -0.39 is 0 Å². The van der Waals surface area contributed by atoms with Gasteiger partial charge in [0.25, 0.3) is 0 Å². The third-order valence-electron chi connectivity index (χ3n) is 3.06. The summed E-state index contributed by atoms with van der Waals surface area (Å²) in [5.74, 6) is 0.754. The lowest BCUT2D eigenvalue weighted by molar-refractivity contribution is 0.465. The number of anilines is 1. The number of hydrogen-bond acceptors (Lipinski definition) is 2. The van der Waals surface area contributed by atoms with Gasteiger partial charge in [-0.1, -0.05) is 19.9 Å². The number of nitrogens with two attached hydrogens (primary N) is 1. The van der Waals surface area contributed by atoms with Gasteiger partial charge in [0.15, 0.2) is 0 Å². The SMILES string of the molecule is CC(C)NCC1Cc2ccc(N)cc2C1. The minimum atomic E-state index is 0.582. The molecular formula is C13H20N2. The zero-order chi connectivity index (χ0) is 10.8. The number of hydrogen-bond donors (Lipinski definition) is 2. The first-order valence-corrected chi connectivity index (χ1v) is 5.76. The van der Waals surface area contributed by atoms with Crippen molar-refractivity contribution in [2.75, 3.05) is 12.3 Å². The van der Waals surface area contributed by atoms with E-state index in [4.69, 9.17) is 5.73 Å². The van der Waals surface area contributed by atoms with E-state index in [-0.39, 0.29) is 0 Å². The van der Waals surface area contributed by atoms with Gasteiger partial charge in [-0.2, -0.15) is 0 Å². The van der Waals surface area contributed by atoms with E-state index in [0.717, 1.165) is 18.2 Å². The molecule has 0 fully saturated rings. The summed E-state index contributed by atoms with van der Waals surface area (Å²) in [7, 11) is 0. The lowest BCUT2D eigenvalue weighted by atomic mass is 10.1. The lowest BCUT2D eigenvalue weighted by Crippen LogP contribution is -2.29. The molecule has 15 heavy (non-hydrogen) atoms. The number of fused-ring (bicyclic) bond motifs is 1. The minimum absolute atomic E-state index is 0.582. The third-order valence-corrected chi connectivity index (χ3v) is 3.06. The number of nitrogen functional groups attached to an aromatic ring is 1. The summed E-state index contributed by atoms with van der Waals surface area (Å²) in [6.07, 6.45) is 2.38. The Hall–Kier alpha value is -1.02. The van der Waals surface area contributed by atoms with E-state index in [1.807, 2.05) is 6.07 Å². The third kappa shape index (κ3) is 2.51. The molecule has 0 aliphatic heterocycles. The van der Waals surface area contributed by atoms with Crippen molar-refractivity contribution in [3.8, 4) is 0 Å². The summed E-state index contributed by atoms with van der Waals surface area (Å²) in [4.78, 5) is 0. The van der Waals surface area contributed by atoms with Crippen LogP contribution in [-0.4, -0.2) is 12.6 Å². The Bertz CT molecular complexity index is 344. The fraction of sp³-hybridized carbons (Fsp3) is 0.538. The molecule has 0 heterocycles. The Morgan fingerprint density at radius 1 is 1.33 bits per heavy atom. The predicted molar refractivity (Wildman–Crippen MR) is 64.9 cm³/mol. The normalized spacial score (nSPS) is 19.5. The van der Waals surface area contributed by atoms with Crippen LogP contribution >= 0.6 is 0 Å². The second-order valence-electron chi connectivity index (χ2n) is 4.87. The van der Waals surface area contributed by atoms with Crippen LogP contribution in [0, 0.1) is 5.92 Å². The molecule has 2 rings (SSSR count). The van der Waals surface area contributed by atoms with Gasteiger partial charge in [0, 0.05) is 11.7 Å². The molecule has 3 N–H and O–H groups in total. The first-order valence-electron chi connectivity index (χ1n) is 5.76. The Labute approximate surface area is 91.9 Å². The van der Waals surface area contributed by atoms with Crippen molar-refractivity contribution in [3.63, 3.8) is 0 Å². The van der Waals surface area contributed by atoms with E-state index in [0.29, 0.717) is 6.04 Å². The summed E-state index contributed by atoms with van der Waals surface area (Å²) in [6, 6.07) is 6.90. The molecule has 1 aromatic carbocycles. The maximum absolute atomic E-state index is 5.78. The molecule has 0 aromatic heterocycles. The van der Waals surface area contributed by atoms with Crippen LogP contribution in [0.1, 0.15) is 25.0 Å². The van der Waals surface area contributed by atoms with Crippen LogP contribution in [0.25, 0.3) is 0 Å². The molecule has 0 radical (unpaired) electrons. The van der Waals surface area contributed by atoms with Crippen molar-refractivity contribution < 1.29 is 0 Å². The van der Waals surface area contributed by atoms with Gasteiger partial charge in [-0.25, -0.2) is 0 Å².